The maximum Gasteiger partial charge on any atom is 0.337 e. The Labute approximate surface area is 82.2 Å². The second-order valence-electron chi connectivity index (χ2n) is 2.27. The maximum atomic E-state index is 10.6. The molecule has 2 N–H and O–H groups in total. The predicted molar refractivity (Wildman–Crippen MR) is 47.5 cm³/mol. The molecule has 1 aromatic rings. The highest BCUT2D eigenvalue weighted by molar-refractivity contribution is 9.10. The Kier molecular flexibility index (Phi) is 2.54. The van der Waals surface area contributed by atoms with Gasteiger partial charge >= 0.3 is 5.97 Å². The Bertz CT molecular complexity index is 409. The Morgan fingerprint density at radius 1 is 1.54 bits per heavy atom. The van der Waals surface area contributed by atoms with E-state index < -0.39 is 5.97 Å². The van der Waals surface area contributed by atoms with Gasteiger partial charge in [0.15, 0.2) is 0 Å². The summed E-state index contributed by atoms with van der Waals surface area (Å²) in [6, 6.07) is 4.02. The van der Waals surface area contributed by atoms with E-state index in [0.29, 0.717) is 4.47 Å². The van der Waals surface area contributed by atoms with E-state index in [1.807, 2.05) is 0 Å². The van der Waals surface area contributed by atoms with Crippen molar-refractivity contribution in [3.05, 3.63) is 27.7 Å². The molecule has 0 aliphatic carbocycles. The van der Waals surface area contributed by atoms with E-state index >= 15 is 0 Å². The molecule has 0 fully saturated rings. The number of phenolic OH excluding ortho intramolecular Hbond substituents is 1. The van der Waals surface area contributed by atoms with Crippen LogP contribution in [0.15, 0.2) is 16.6 Å². The summed E-state index contributed by atoms with van der Waals surface area (Å²) in [4.78, 5) is 10.6. The predicted octanol–water partition coefficient (Wildman–Crippen LogP) is 1.72. The fraction of sp³-hybridized carbons (Fsp3) is 0. The molecule has 0 saturated carbocycles. The number of aromatic hydroxyl groups is 1. The summed E-state index contributed by atoms with van der Waals surface area (Å²) in [5.41, 5.74) is -0.194. The van der Waals surface area contributed by atoms with Gasteiger partial charge in [0, 0.05) is 0 Å². The van der Waals surface area contributed by atoms with Gasteiger partial charge in [0.1, 0.15) is 11.8 Å². The third kappa shape index (κ3) is 1.79. The highest BCUT2D eigenvalue weighted by Gasteiger charge is 2.12. The average Bonchev–Trinajstić information content (AvgIpc) is 2.08. The van der Waals surface area contributed by atoms with Crippen molar-refractivity contribution in [2.45, 2.75) is 0 Å². The maximum absolute atomic E-state index is 10.6. The van der Waals surface area contributed by atoms with Crippen molar-refractivity contribution in [3.63, 3.8) is 0 Å². The van der Waals surface area contributed by atoms with Gasteiger partial charge in [-0.05, 0) is 28.1 Å². The lowest BCUT2D eigenvalue weighted by Crippen LogP contribution is -1.99. The van der Waals surface area contributed by atoms with Crippen LogP contribution in [0.2, 0.25) is 0 Å². The molecule has 0 saturated heterocycles. The Hall–Kier alpha value is -1.54. The highest BCUT2D eigenvalue weighted by Crippen LogP contribution is 2.27. The Morgan fingerprint density at radius 3 is 2.62 bits per heavy atom. The van der Waals surface area contributed by atoms with E-state index in [9.17, 15) is 4.79 Å². The van der Waals surface area contributed by atoms with Gasteiger partial charge in [0.2, 0.25) is 0 Å². The van der Waals surface area contributed by atoms with Crippen LogP contribution in [0.1, 0.15) is 15.9 Å². The minimum absolute atomic E-state index is 0.0113. The topological polar surface area (TPSA) is 81.3 Å². The molecular weight excluding hydrogens is 238 g/mol. The smallest absolute Gasteiger partial charge is 0.337 e. The molecule has 0 amide bonds. The van der Waals surface area contributed by atoms with Gasteiger partial charge in [-0.3, -0.25) is 0 Å². The van der Waals surface area contributed by atoms with E-state index in [-0.39, 0.29) is 16.9 Å². The van der Waals surface area contributed by atoms with Crippen LogP contribution < -0.4 is 0 Å². The van der Waals surface area contributed by atoms with Crippen molar-refractivity contribution in [1.29, 1.82) is 5.26 Å². The van der Waals surface area contributed by atoms with Crippen LogP contribution in [-0.2, 0) is 0 Å². The number of carboxylic acid groups (broad SMARTS) is 1. The number of carboxylic acids is 1. The number of carbonyl (C=O) groups is 1. The van der Waals surface area contributed by atoms with Gasteiger partial charge < -0.3 is 10.2 Å². The second kappa shape index (κ2) is 3.46. The van der Waals surface area contributed by atoms with Crippen LogP contribution in [0.25, 0.3) is 0 Å². The van der Waals surface area contributed by atoms with Crippen LogP contribution >= 0.6 is 15.9 Å². The lowest BCUT2D eigenvalue weighted by atomic mass is 10.1. The van der Waals surface area contributed by atoms with E-state index in [1.54, 1.807) is 6.07 Å². The molecule has 0 bridgehead atoms. The first kappa shape index (κ1) is 9.55. The standard InChI is InChI=1S/C8H4BrNO3/c9-6-1-4(3-10)5(8(12)13)2-7(6)11/h1-2,11H,(H,12,13). The molecule has 1 rings (SSSR count). The monoisotopic (exact) mass is 241 g/mol. The van der Waals surface area contributed by atoms with Gasteiger partial charge in [0.25, 0.3) is 0 Å². The number of hydrogen-bond donors (Lipinski definition) is 2. The number of nitrogens with zero attached hydrogens (tertiary/aromatic N) is 1. The molecule has 0 radical (unpaired) electrons. The van der Waals surface area contributed by atoms with Gasteiger partial charge in [-0.2, -0.15) is 5.26 Å². The first-order valence-corrected chi connectivity index (χ1v) is 4.01. The third-order valence-electron chi connectivity index (χ3n) is 1.44. The normalized spacial score (nSPS) is 9.23. The molecule has 1 aromatic carbocycles. The van der Waals surface area contributed by atoms with E-state index in [2.05, 4.69) is 15.9 Å². The SMILES string of the molecule is N#Cc1cc(Br)c(O)cc1C(=O)O. The number of halogens is 1. The lowest BCUT2D eigenvalue weighted by molar-refractivity contribution is 0.0696. The molecule has 13 heavy (non-hydrogen) atoms. The summed E-state index contributed by atoms with van der Waals surface area (Å²) >= 11 is 2.98. The zero-order chi connectivity index (χ0) is 10.0. The minimum atomic E-state index is -1.24. The second-order valence-corrected chi connectivity index (χ2v) is 3.12. The summed E-state index contributed by atoms with van der Waals surface area (Å²) in [6.45, 7) is 0. The van der Waals surface area contributed by atoms with Gasteiger partial charge in [-0.15, -0.1) is 0 Å². The molecule has 0 aliphatic heterocycles. The van der Waals surface area contributed by atoms with Crippen molar-refractivity contribution in [1.82, 2.24) is 0 Å². The van der Waals surface area contributed by atoms with Crippen molar-refractivity contribution in [3.8, 4) is 11.8 Å². The van der Waals surface area contributed by atoms with Crippen LogP contribution in [0.5, 0.6) is 5.75 Å². The van der Waals surface area contributed by atoms with Crippen LogP contribution in [0.3, 0.4) is 0 Å². The molecular formula is C8H4BrNO3. The summed E-state index contributed by atoms with van der Waals surface area (Å²) in [5.74, 6) is -1.43. The largest absolute Gasteiger partial charge is 0.507 e. The molecule has 0 unspecified atom stereocenters. The first-order chi connectivity index (χ1) is 6.06. The zero-order valence-electron chi connectivity index (χ0n) is 6.28. The number of benzene rings is 1. The fourth-order valence-corrected chi connectivity index (χ4v) is 1.17. The molecule has 5 heteroatoms. The fourth-order valence-electron chi connectivity index (χ4n) is 0.831. The summed E-state index contributed by atoms with van der Waals surface area (Å²) in [7, 11) is 0. The van der Waals surface area contributed by atoms with Crippen molar-refractivity contribution >= 4 is 21.9 Å². The Morgan fingerprint density at radius 2 is 2.15 bits per heavy atom. The number of hydrogen-bond acceptors (Lipinski definition) is 3. The van der Waals surface area contributed by atoms with Crippen molar-refractivity contribution in [2.75, 3.05) is 0 Å². The van der Waals surface area contributed by atoms with E-state index in [1.165, 1.54) is 6.07 Å². The van der Waals surface area contributed by atoms with E-state index in [4.69, 9.17) is 15.5 Å². The molecule has 0 aliphatic rings. The number of rotatable bonds is 1. The molecule has 4 nitrogen and oxygen atoms in total. The number of phenols is 1. The molecule has 0 spiro atoms. The van der Waals surface area contributed by atoms with Crippen LogP contribution in [-0.4, -0.2) is 16.2 Å². The zero-order valence-corrected chi connectivity index (χ0v) is 7.87. The quantitative estimate of drug-likeness (QED) is 0.785. The van der Waals surface area contributed by atoms with Gasteiger partial charge in [0.05, 0.1) is 15.6 Å². The summed E-state index contributed by atoms with van der Waals surface area (Å²) < 4.78 is 0.300. The molecule has 0 aromatic heterocycles. The van der Waals surface area contributed by atoms with E-state index in [0.717, 1.165) is 6.07 Å². The van der Waals surface area contributed by atoms with Crippen LogP contribution in [0.4, 0.5) is 0 Å². The number of nitriles is 1. The average molecular weight is 242 g/mol. The van der Waals surface area contributed by atoms with Crippen molar-refractivity contribution in [2.24, 2.45) is 0 Å². The Balaban J connectivity index is 3.44. The van der Waals surface area contributed by atoms with Gasteiger partial charge in [-0.25, -0.2) is 4.79 Å². The third-order valence-corrected chi connectivity index (χ3v) is 2.07. The van der Waals surface area contributed by atoms with Gasteiger partial charge in [-0.1, -0.05) is 0 Å². The first-order valence-electron chi connectivity index (χ1n) is 3.22. The van der Waals surface area contributed by atoms with Crippen molar-refractivity contribution < 1.29 is 15.0 Å². The molecule has 0 heterocycles. The molecule has 0 atom stereocenters. The number of aromatic carboxylic acids is 1. The summed E-state index contributed by atoms with van der Waals surface area (Å²) in [5, 5.41) is 26.4. The summed E-state index contributed by atoms with van der Waals surface area (Å²) in [6.07, 6.45) is 0. The molecule has 66 valence electrons. The highest BCUT2D eigenvalue weighted by atomic mass is 79.9. The minimum Gasteiger partial charge on any atom is -0.507 e. The van der Waals surface area contributed by atoms with Crippen LogP contribution in [0, 0.1) is 11.3 Å². The lowest BCUT2D eigenvalue weighted by Gasteiger charge is -2.01.